The number of hydrogen-bond donors (Lipinski definition) is 0. The average molecular weight is 353 g/mol. The SMILES string of the molecule is O=S(=O)([O-])CCCCCCn1c2ccccc2c2ccccc21.[Na+]. The number of rotatable bonds is 7. The van der Waals surface area contributed by atoms with E-state index in [1.165, 1.54) is 21.8 Å². The van der Waals surface area contributed by atoms with Gasteiger partial charge in [0.15, 0.2) is 0 Å². The maximum Gasteiger partial charge on any atom is 1.00 e. The fraction of sp³-hybridized carbons (Fsp3) is 0.333. The Balaban J connectivity index is 0.00000208. The molecule has 24 heavy (non-hydrogen) atoms. The first kappa shape index (κ1) is 19.5. The van der Waals surface area contributed by atoms with E-state index < -0.39 is 10.1 Å². The monoisotopic (exact) mass is 353 g/mol. The van der Waals surface area contributed by atoms with Gasteiger partial charge in [-0.3, -0.25) is 0 Å². The molecule has 0 atom stereocenters. The van der Waals surface area contributed by atoms with Crippen molar-refractivity contribution >= 4 is 31.9 Å². The Kier molecular flexibility index (Phi) is 6.89. The van der Waals surface area contributed by atoms with Crippen LogP contribution in [0.1, 0.15) is 25.7 Å². The van der Waals surface area contributed by atoms with Crippen LogP contribution in [0.2, 0.25) is 0 Å². The van der Waals surface area contributed by atoms with E-state index in [0.717, 1.165) is 25.8 Å². The molecule has 1 heterocycles. The minimum absolute atomic E-state index is 0. The third-order valence-corrected chi connectivity index (χ3v) is 4.99. The number of fused-ring (bicyclic) bond motifs is 3. The van der Waals surface area contributed by atoms with Gasteiger partial charge in [-0.05, 0) is 25.0 Å². The molecular weight excluding hydrogens is 333 g/mol. The average Bonchev–Trinajstić information content (AvgIpc) is 2.84. The summed E-state index contributed by atoms with van der Waals surface area (Å²) in [6, 6.07) is 16.8. The molecule has 0 aliphatic rings. The topological polar surface area (TPSA) is 62.1 Å². The standard InChI is InChI=1S/C18H21NO3S.Na/c20-23(21,22)14-8-2-1-7-13-19-17-11-5-3-9-15(17)16-10-4-6-12-18(16)19;/h3-6,9-12H,1-2,7-8,13-14H2,(H,20,21,22);/q;+1/p-1. The molecule has 0 amide bonds. The second kappa shape index (κ2) is 8.50. The smallest absolute Gasteiger partial charge is 0.748 e. The maximum absolute atomic E-state index is 10.6. The molecule has 0 bridgehead atoms. The van der Waals surface area contributed by atoms with E-state index >= 15 is 0 Å². The summed E-state index contributed by atoms with van der Waals surface area (Å²) in [5.41, 5.74) is 2.46. The van der Waals surface area contributed by atoms with E-state index in [-0.39, 0.29) is 35.3 Å². The molecule has 0 aliphatic heterocycles. The van der Waals surface area contributed by atoms with Crippen molar-refractivity contribution in [2.75, 3.05) is 5.75 Å². The first-order chi connectivity index (χ1) is 11.1. The first-order valence-electron chi connectivity index (χ1n) is 7.96. The van der Waals surface area contributed by atoms with Gasteiger partial charge < -0.3 is 9.12 Å². The van der Waals surface area contributed by atoms with E-state index in [4.69, 9.17) is 0 Å². The normalized spacial score (nSPS) is 11.7. The summed E-state index contributed by atoms with van der Waals surface area (Å²) in [7, 11) is -4.07. The van der Waals surface area contributed by atoms with Crippen molar-refractivity contribution in [3.8, 4) is 0 Å². The van der Waals surface area contributed by atoms with Crippen molar-refractivity contribution in [3.05, 3.63) is 48.5 Å². The predicted molar refractivity (Wildman–Crippen MR) is 92.5 cm³/mol. The third-order valence-electron chi connectivity index (χ3n) is 4.21. The van der Waals surface area contributed by atoms with Gasteiger partial charge in [0.25, 0.3) is 0 Å². The van der Waals surface area contributed by atoms with Crippen LogP contribution >= 0.6 is 0 Å². The van der Waals surface area contributed by atoms with Crippen molar-refractivity contribution in [1.82, 2.24) is 4.57 Å². The molecule has 6 heteroatoms. The van der Waals surface area contributed by atoms with Gasteiger partial charge in [-0.2, -0.15) is 0 Å². The quantitative estimate of drug-likeness (QED) is 0.360. The van der Waals surface area contributed by atoms with Gasteiger partial charge in [-0.25, -0.2) is 8.42 Å². The number of benzene rings is 2. The van der Waals surface area contributed by atoms with Gasteiger partial charge in [0.1, 0.15) is 0 Å². The third kappa shape index (κ3) is 4.61. The Labute approximate surface area is 164 Å². The zero-order valence-corrected chi connectivity index (χ0v) is 16.8. The van der Waals surface area contributed by atoms with Crippen LogP contribution in [0.5, 0.6) is 0 Å². The van der Waals surface area contributed by atoms with E-state index in [2.05, 4.69) is 53.1 Å². The molecule has 3 aromatic rings. The molecule has 0 unspecified atom stereocenters. The molecule has 0 radical (unpaired) electrons. The predicted octanol–water partition coefficient (Wildman–Crippen LogP) is 0.904. The summed E-state index contributed by atoms with van der Waals surface area (Å²) in [5.74, 6) is -0.248. The Morgan fingerprint density at radius 2 is 1.29 bits per heavy atom. The zero-order valence-electron chi connectivity index (χ0n) is 13.9. The van der Waals surface area contributed by atoms with E-state index in [1.807, 2.05) is 0 Å². The summed E-state index contributed by atoms with van der Waals surface area (Å²) in [6.07, 6.45) is 3.13. The number of unbranched alkanes of at least 4 members (excludes halogenated alkanes) is 3. The van der Waals surface area contributed by atoms with Gasteiger partial charge in [0.2, 0.25) is 0 Å². The largest absolute Gasteiger partial charge is 1.00 e. The van der Waals surface area contributed by atoms with Crippen LogP contribution < -0.4 is 29.6 Å². The van der Waals surface area contributed by atoms with Crippen LogP contribution in [0.25, 0.3) is 21.8 Å². The van der Waals surface area contributed by atoms with Gasteiger partial charge >= 0.3 is 29.6 Å². The van der Waals surface area contributed by atoms with Crippen molar-refractivity contribution < 1.29 is 42.5 Å². The molecule has 1 aromatic heterocycles. The minimum Gasteiger partial charge on any atom is -0.748 e. The van der Waals surface area contributed by atoms with Crippen LogP contribution in [0.15, 0.2) is 48.5 Å². The molecule has 3 rings (SSSR count). The Bertz CT molecular complexity index is 865. The van der Waals surface area contributed by atoms with Crippen LogP contribution in [-0.2, 0) is 16.7 Å². The Hall–Kier alpha value is -0.850. The van der Waals surface area contributed by atoms with E-state index in [1.54, 1.807) is 0 Å². The fourth-order valence-electron chi connectivity index (χ4n) is 3.15. The van der Waals surface area contributed by atoms with E-state index in [0.29, 0.717) is 6.42 Å². The number of aryl methyl sites for hydroxylation is 1. The van der Waals surface area contributed by atoms with Crippen molar-refractivity contribution in [1.29, 1.82) is 0 Å². The summed E-state index contributed by atoms with van der Waals surface area (Å²) in [5, 5.41) is 2.53. The van der Waals surface area contributed by atoms with Crippen LogP contribution in [-0.4, -0.2) is 23.3 Å². The van der Waals surface area contributed by atoms with Gasteiger partial charge in [-0.1, -0.05) is 49.2 Å². The molecule has 122 valence electrons. The Morgan fingerprint density at radius 3 is 1.83 bits per heavy atom. The number of aromatic nitrogens is 1. The molecule has 0 fully saturated rings. The molecule has 0 saturated carbocycles. The zero-order chi connectivity index (χ0) is 16.3. The Morgan fingerprint density at radius 1 is 0.792 bits per heavy atom. The number of hydrogen-bond acceptors (Lipinski definition) is 3. The number of nitrogens with zero attached hydrogens (tertiary/aromatic N) is 1. The minimum atomic E-state index is -4.07. The molecule has 0 saturated heterocycles. The summed E-state index contributed by atoms with van der Waals surface area (Å²) in [6.45, 7) is 0.901. The molecule has 2 aromatic carbocycles. The first-order valence-corrected chi connectivity index (χ1v) is 9.53. The van der Waals surface area contributed by atoms with Crippen molar-refractivity contribution in [2.45, 2.75) is 32.2 Å². The van der Waals surface area contributed by atoms with Gasteiger partial charge in [0.05, 0.1) is 10.1 Å². The van der Waals surface area contributed by atoms with E-state index in [9.17, 15) is 13.0 Å². The summed E-state index contributed by atoms with van der Waals surface area (Å²) < 4.78 is 34.1. The molecule has 0 N–H and O–H groups in total. The van der Waals surface area contributed by atoms with Crippen LogP contribution in [0.3, 0.4) is 0 Å². The van der Waals surface area contributed by atoms with Crippen LogP contribution in [0.4, 0.5) is 0 Å². The summed E-state index contributed by atoms with van der Waals surface area (Å²) >= 11 is 0. The van der Waals surface area contributed by atoms with Gasteiger partial charge in [-0.15, -0.1) is 0 Å². The molecule has 0 aliphatic carbocycles. The van der Waals surface area contributed by atoms with Crippen LogP contribution in [0, 0.1) is 0 Å². The van der Waals surface area contributed by atoms with Crippen molar-refractivity contribution in [3.63, 3.8) is 0 Å². The molecule has 4 nitrogen and oxygen atoms in total. The maximum atomic E-state index is 10.6. The number of para-hydroxylation sites is 2. The fourth-order valence-corrected chi connectivity index (χ4v) is 3.70. The van der Waals surface area contributed by atoms with Gasteiger partial charge in [0, 0.05) is 34.1 Å². The second-order valence-corrected chi connectivity index (χ2v) is 7.39. The molecule has 0 spiro atoms. The van der Waals surface area contributed by atoms with Crippen molar-refractivity contribution in [2.24, 2.45) is 0 Å². The second-order valence-electron chi connectivity index (χ2n) is 5.86. The molecular formula is C18H20NNaO3S. The summed E-state index contributed by atoms with van der Waals surface area (Å²) in [4.78, 5) is 0.